The Bertz CT molecular complexity index is 1470. The monoisotopic (exact) mass is 639 g/mol. The van der Waals surface area contributed by atoms with Gasteiger partial charge in [0.15, 0.2) is 0 Å². The van der Waals surface area contributed by atoms with Crippen LogP contribution in [0.3, 0.4) is 0 Å². The standard InChI is InChI=1S/C25H31N7O6.C2HF3O2/c1-2-6-18-14-32(24(36)31-22(18)26-10-9-20(33)30-23-27-11-12-28-23)15-19(13-21(34)35)29-25(37)38-16-17-7-4-3-5-8-17;3-2(4,5)1(6)7/h3-5,7-8,11-12,14,19H,2,6,9-10,13,15-16H2,1H3,(H,29,37)(H,34,35)(H,26,31,36)(H2,27,28,30,33);(H,6,7). The predicted molar refractivity (Wildman–Crippen MR) is 152 cm³/mol. The van der Waals surface area contributed by atoms with Crippen molar-refractivity contribution < 1.29 is 47.3 Å². The highest BCUT2D eigenvalue weighted by Gasteiger charge is 2.38. The van der Waals surface area contributed by atoms with Crippen molar-refractivity contribution in [1.29, 1.82) is 0 Å². The largest absolute Gasteiger partial charge is 0.490 e. The molecule has 3 aromatic rings. The number of carboxylic acids is 2. The highest BCUT2D eigenvalue weighted by Crippen LogP contribution is 2.14. The summed E-state index contributed by atoms with van der Waals surface area (Å²) < 4.78 is 38.2. The third kappa shape index (κ3) is 13.6. The zero-order chi connectivity index (χ0) is 33.4. The Hall–Kier alpha value is -5.42. The molecule has 0 fully saturated rings. The number of amides is 2. The van der Waals surface area contributed by atoms with E-state index in [0.29, 0.717) is 18.2 Å². The van der Waals surface area contributed by atoms with Crippen LogP contribution in [0.4, 0.5) is 29.7 Å². The molecule has 0 aliphatic heterocycles. The molecule has 1 unspecified atom stereocenters. The zero-order valence-corrected chi connectivity index (χ0v) is 24.0. The second-order valence-electron chi connectivity index (χ2n) is 9.27. The van der Waals surface area contributed by atoms with Gasteiger partial charge < -0.3 is 30.6 Å². The van der Waals surface area contributed by atoms with E-state index >= 15 is 0 Å². The van der Waals surface area contributed by atoms with Crippen LogP contribution in [-0.2, 0) is 38.7 Å². The smallest absolute Gasteiger partial charge is 0.481 e. The number of ether oxygens (including phenoxy) is 1. The normalized spacial score (nSPS) is 11.4. The van der Waals surface area contributed by atoms with E-state index < -0.39 is 42.4 Å². The highest BCUT2D eigenvalue weighted by atomic mass is 19.4. The lowest BCUT2D eigenvalue weighted by atomic mass is 10.1. The van der Waals surface area contributed by atoms with E-state index in [1.807, 2.05) is 25.1 Å². The first kappa shape index (κ1) is 35.8. The molecule has 0 aliphatic carbocycles. The number of carboxylic acid groups (broad SMARTS) is 2. The van der Waals surface area contributed by atoms with Crippen LogP contribution in [0.5, 0.6) is 0 Å². The van der Waals surface area contributed by atoms with Gasteiger partial charge in [-0.15, -0.1) is 0 Å². The summed E-state index contributed by atoms with van der Waals surface area (Å²) in [6.07, 6.45) is -0.118. The Kier molecular flexibility index (Phi) is 14.0. The minimum atomic E-state index is -5.08. The van der Waals surface area contributed by atoms with Crippen molar-refractivity contribution in [3.05, 3.63) is 70.5 Å². The van der Waals surface area contributed by atoms with E-state index in [9.17, 15) is 37.5 Å². The summed E-state index contributed by atoms with van der Waals surface area (Å²) >= 11 is 0. The average Bonchev–Trinajstić information content (AvgIpc) is 3.47. The van der Waals surface area contributed by atoms with Gasteiger partial charge in [-0.2, -0.15) is 18.2 Å². The number of alkyl carbamates (subject to hydrolysis) is 1. The molecule has 0 radical (unpaired) electrons. The van der Waals surface area contributed by atoms with Crippen LogP contribution in [0.1, 0.15) is 37.3 Å². The first-order chi connectivity index (χ1) is 21.3. The number of hydrogen-bond acceptors (Lipinski definition) is 9. The second kappa shape index (κ2) is 17.6. The van der Waals surface area contributed by atoms with Crippen LogP contribution in [0, 0.1) is 0 Å². The fourth-order valence-corrected chi connectivity index (χ4v) is 3.64. The number of halogens is 3. The molecule has 0 aliphatic rings. The Morgan fingerprint density at radius 1 is 1.13 bits per heavy atom. The number of alkyl halides is 3. The van der Waals surface area contributed by atoms with Gasteiger partial charge in [-0.25, -0.2) is 19.4 Å². The van der Waals surface area contributed by atoms with E-state index in [2.05, 4.69) is 30.9 Å². The fraction of sp³-hybridized carbons (Fsp3) is 0.370. The van der Waals surface area contributed by atoms with Gasteiger partial charge in [0.1, 0.15) is 12.4 Å². The summed E-state index contributed by atoms with van der Waals surface area (Å²) in [7, 11) is 0. The molecule has 45 heavy (non-hydrogen) atoms. The van der Waals surface area contributed by atoms with Crippen LogP contribution in [-0.4, -0.2) is 72.4 Å². The first-order valence-corrected chi connectivity index (χ1v) is 13.4. The molecule has 15 nitrogen and oxygen atoms in total. The molecule has 1 atom stereocenters. The molecule has 3 rings (SSSR count). The van der Waals surface area contributed by atoms with Gasteiger partial charge in [-0.1, -0.05) is 43.7 Å². The number of aliphatic carboxylic acids is 2. The summed E-state index contributed by atoms with van der Waals surface area (Å²) in [4.78, 5) is 68.2. The van der Waals surface area contributed by atoms with Crippen molar-refractivity contribution in [3.63, 3.8) is 0 Å². The van der Waals surface area contributed by atoms with Gasteiger partial charge in [0.05, 0.1) is 12.5 Å². The van der Waals surface area contributed by atoms with Crippen LogP contribution >= 0.6 is 0 Å². The topological polar surface area (TPSA) is 218 Å². The number of benzene rings is 1. The van der Waals surface area contributed by atoms with Crippen molar-refractivity contribution in [2.45, 2.75) is 58.0 Å². The number of aromatic amines is 1. The Morgan fingerprint density at radius 2 is 1.82 bits per heavy atom. The summed E-state index contributed by atoms with van der Waals surface area (Å²) in [5, 5.41) is 24.6. The van der Waals surface area contributed by atoms with Crippen molar-refractivity contribution >= 4 is 35.7 Å². The van der Waals surface area contributed by atoms with E-state index in [1.54, 1.807) is 24.5 Å². The Morgan fingerprint density at radius 3 is 2.40 bits per heavy atom. The number of aromatic nitrogens is 4. The molecule has 2 heterocycles. The molecule has 2 aromatic heterocycles. The Balaban J connectivity index is 0.000000900. The number of H-pyrrole nitrogens is 1. The Labute approximate surface area is 253 Å². The lowest BCUT2D eigenvalue weighted by Gasteiger charge is -2.19. The molecule has 2 amide bonds. The fourth-order valence-electron chi connectivity index (χ4n) is 3.64. The summed E-state index contributed by atoms with van der Waals surface area (Å²) in [5.41, 5.74) is 0.880. The van der Waals surface area contributed by atoms with Gasteiger partial charge in [-0.05, 0) is 12.0 Å². The van der Waals surface area contributed by atoms with Gasteiger partial charge in [0, 0.05) is 43.7 Å². The average molecular weight is 640 g/mol. The maximum atomic E-state index is 12.8. The van der Waals surface area contributed by atoms with Crippen LogP contribution in [0.25, 0.3) is 0 Å². The van der Waals surface area contributed by atoms with Gasteiger partial charge in [0.2, 0.25) is 11.9 Å². The lowest BCUT2D eigenvalue weighted by Crippen LogP contribution is -2.42. The SMILES string of the molecule is CCCc1cn(CC(CC(=O)O)NC(=O)OCc2ccccc2)c(=O)nc1NCCC(=O)Nc1ncc[nH]1.O=C(O)C(F)(F)F. The van der Waals surface area contributed by atoms with E-state index in [1.165, 1.54) is 10.8 Å². The van der Waals surface area contributed by atoms with Crippen LogP contribution in [0.15, 0.2) is 53.7 Å². The molecule has 18 heteroatoms. The first-order valence-electron chi connectivity index (χ1n) is 13.4. The summed E-state index contributed by atoms with van der Waals surface area (Å²) in [5.74, 6) is -3.47. The molecular formula is C27H32F3N7O8. The molecule has 0 bridgehead atoms. The van der Waals surface area contributed by atoms with Gasteiger partial charge >= 0.3 is 29.9 Å². The van der Waals surface area contributed by atoms with E-state index in [-0.39, 0.29) is 32.0 Å². The lowest BCUT2D eigenvalue weighted by molar-refractivity contribution is -0.192. The quantitative estimate of drug-likeness (QED) is 0.151. The molecule has 244 valence electrons. The minimum Gasteiger partial charge on any atom is -0.481 e. The molecule has 1 aromatic carbocycles. The molecule has 0 saturated heterocycles. The van der Waals surface area contributed by atoms with Gasteiger partial charge in [-0.3, -0.25) is 19.5 Å². The predicted octanol–water partition coefficient (Wildman–Crippen LogP) is 2.76. The zero-order valence-electron chi connectivity index (χ0n) is 24.0. The highest BCUT2D eigenvalue weighted by molar-refractivity contribution is 5.89. The molecular weight excluding hydrogens is 607 g/mol. The van der Waals surface area contributed by atoms with Crippen molar-refractivity contribution in [2.24, 2.45) is 0 Å². The molecule has 6 N–H and O–H groups in total. The van der Waals surface area contributed by atoms with Crippen molar-refractivity contribution in [1.82, 2.24) is 24.8 Å². The third-order valence-electron chi connectivity index (χ3n) is 5.60. The number of nitrogens with zero attached hydrogens (tertiary/aromatic N) is 3. The third-order valence-corrected chi connectivity index (χ3v) is 5.60. The van der Waals surface area contributed by atoms with E-state index in [4.69, 9.17) is 14.6 Å². The molecule has 0 saturated carbocycles. The summed E-state index contributed by atoms with van der Waals surface area (Å²) in [6, 6.07) is 8.14. The minimum absolute atomic E-state index is 0.0223. The number of carbonyl (C=O) groups excluding carboxylic acids is 2. The van der Waals surface area contributed by atoms with Crippen molar-refractivity contribution in [3.8, 4) is 0 Å². The molecule has 0 spiro atoms. The van der Waals surface area contributed by atoms with E-state index in [0.717, 1.165) is 17.5 Å². The number of rotatable bonds is 14. The number of carbonyl (C=O) groups is 4. The van der Waals surface area contributed by atoms with Crippen molar-refractivity contribution in [2.75, 3.05) is 17.2 Å². The number of anilines is 2. The maximum absolute atomic E-state index is 12.8. The maximum Gasteiger partial charge on any atom is 0.490 e. The van der Waals surface area contributed by atoms with Crippen LogP contribution < -0.4 is 21.6 Å². The van der Waals surface area contributed by atoms with Gasteiger partial charge in [0.25, 0.3) is 0 Å². The number of nitrogens with one attached hydrogen (secondary N) is 4. The number of aryl methyl sites for hydroxylation is 1. The number of imidazole rings is 1. The number of hydrogen-bond donors (Lipinski definition) is 6. The summed E-state index contributed by atoms with van der Waals surface area (Å²) in [6.45, 7) is 2.11. The second-order valence-corrected chi connectivity index (χ2v) is 9.27. The van der Waals surface area contributed by atoms with Crippen LogP contribution in [0.2, 0.25) is 0 Å².